The number of carbonyl (C=O) groups excluding carboxylic acids is 1. The Balaban J connectivity index is 1.71. The van der Waals surface area contributed by atoms with Gasteiger partial charge in [-0.3, -0.25) is 4.79 Å². The molecule has 108 valence electrons. The van der Waals surface area contributed by atoms with Crippen LogP contribution in [0.1, 0.15) is 63.4 Å². The Kier molecular flexibility index (Phi) is 4.09. The highest BCUT2D eigenvalue weighted by molar-refractivity contribution is 5.89. The molecule has 0 bridgehead atoms. The van der Waals surface area contributed by atoms with Crippen molar-refractivity contribution in [3.05, 3.63) is 35.9 Å². The minimum Gasteiger partial charge on any atom is -0.353 e. The molecule has 2 aliphatic carbocycles. The number of hydrogen-bond donors (Lipinski definition) is 1. The van der Waals surface area contributed by atoms with E-state index in [9.17, 15) is 4.79 Å². The first-order valence-corrected chi connectivity index (χ1v) is 8.18. The lowest BCUT2D eigenvalue weighted by molar-refractivity contribution is -0.130. The first-order valence-electron chi connectivity index (χ1n) is 8.18. The van der Waals surface area contributed by atoms with E-state index < -0.39 is 0 Å². The van der Waals surface area contributed by atoms with Crippen LogP contribution in [0.3, 0.4) is 0 Å². The van der Waals surface area contributed by atoms with Gasteiger partial charge in [0.1, 0.15) is 0 Å². The van der Waals surface area contributed by atoms with Crippen molar-refractivity contribution in [2.75, 3.05) is 0 Å². The van der Waals surface area contributed by atoms with E-state index in [1.54, 1.807) is 0 Å². The van der Waals surface area contributed by atoms with E-state index in [-0.39, 0.29) is 11.3 Å². The zero-order valence-electron chi connectivity index (χ0n) is 12.2. The maximum absolute atomic E-state index is 12.8. The third-order valence-electron chi connectivity index (χ3n) is 5.16. The molecule has 2 nitrogen and oxygen atoms in total. The number of amides is 1. The maximum Gasteiger partial charge on any atom is 0.230 e. The molecule has 2 heteroatoms. The Bertz CT molecular complexity index is 442. The molecule has 1 aromatic carbocycles. The summed E-state index contributed by atoms with van der Waals surface area (Å²) in [6.07, 6.45) is 10.7. The summed E-state index contributed by atoms with van der Waals surface area (Å²) in [5.41, 5.74) is 0.977. The van der Waals surface area contributed by atoms with Crippen LogP contribution in [0, 0.1) is 0 Å². The zero-order valence-corrected chi connectivity index (χ0v) is 12.2. The monoisotopic (exact) mass is 271 g/mol. The SMILES string of the molecule is O=C(NC1CCCCCC1)C1(c2ccccc2)CCC1. The number of rotatable bonds is 3. The van der Waals surface area contributed by atoms with E-state index in [4.69, 9.17) is 0 Å². The van der Waals surface area contributed by atoms with Crippen molar-refractivity contribution in [3.63, 3.8) is 0 Å². The summed E-state index contributed by atoms with van der Waals surface area (Å²) in [4.78, 5) is 12.8. The van der Waals surface area contributed by atoms with Gasteiger partial charge >= 0.3 is 0 Å². The zero-order chi connectivity index (χ0) is 13.8. The van der Waals surface area contributed by atoms with Gasteiger partial charge in [0.25, 0.3) is 0 Å². The second-order valence-corrected chi connectivity index (χ2v) is 6.46. The number of benzene rings is 1. The fourth-order valence-corrected chi connectivity index (χ4v) is 3.68. The van der Waals surface area contributed by atoms with Gasteiger partial charge in [0.15, 0.2) is 0 Å². The van der Waals surface area contributed by atoms with Crippen LogP contribution in [0.2, 0.25) is 0 Å². The Morgan fingerprint density at radius 1 is 0.950 bits per heavy atom. The van der Waals surface area contributed by atoms with Gasteiger partial charge in [-0.25, -0.2) is 0 Å². The van der Waals surface area contributed by atoms with Crippen molar-refractivity contribution in [1.82, 2.24) is 5.32 Å². The topological polar surface area (TPSA) is 29.1 Å². The lowest BCUT2D eigenvalue weighted by Gasteiger charge is -2.41. The molecule has 1 N–H and O–H groups in total. The van der Waals surface area contributed by atoms with Crippen molar-refractivity contribution in [2.45, 2.75) is 69.2 Å². The van der Waals surface area contributed by atoms with Crippen molar-refractivity contribution in [1.29, 1.82) is 0 Å². The van der Waals surface area contributed by atoms with Crippen LogP contribution in [-0.2, 0) is 10.2 Å². The molecule has 2 aliphatic rings. The first-order chi connectivity index (χ1) is 9.81. The highest BCUT2D eigenvalue weighted by Crippen LogP contribution is 2.44. The summed E-state index contributed by atoms with van der Waals surface area (Å²) < 4.78 is 0. The highest BCUT2D eigenvalue weighted by atomic mass is 16.2. The molecule has 0 aliphatic heterocycles. The molecule has 0 saturated heterocycles. The Hall–Kier alpha value is -1.31. The largest absolute Gasteiger partial charge is 0.353 e. The van der Waals surface area contributed by atoms with Gasteiger partial charge < -0.3 is 5.32 Å². The summed E-state index contributed by atoms with van der Waals surface area (Å²) >= 11 is 0. The molecule has 0 aromatic heterocycles. The quantitative estimate of drug-likeness (QED) is 0.829. The third kappa shape index (κ3) is 2.61. The molecule has 1 amide bonds. The fourth-order valence-electron chi connectivity index (χ4n) is 3.68. The van der Waals surface area contributed by atoms with Gasteiger partial charge in [-0.1, -0.05) is 62.4 Å². The number of carbonyl (C=O) groups is 1. The molecule has 2 saturated carbocycles. The summed E-state index contributed by atoms with van der Waals surface area (Å²) in [6, 6.07) is 10.8. The minimum atomic E-state index is -0.229. The summed E-state index contributed by atoms with van der Waals surface area (Å²) in [7, 11) is 0. The average Bonchev–Trinajstić information content (AvgIpc) is 2.67. The molecule has 0 unspecified atom stereocenters. The van der Waals surface area contributed by atoms with Crippen LogP contribution in [0.5, 0.6) is 0 Å². The Labute approximate surface area is 122 Å². The molecule has 1 aromatic rings. The second kappa shape index (κ2) is 5.99. The predicted molar refractivity (Wildman–Crippen MR) is 81.6 cm³/mol. The van der Waals surface area contributed by atoms with Gasteiger partial charge in [0.05, 0.1) is 5.41 Å². The maximum atomic E-state index is 12.8. The van der Waals surface area contributed by atoms with Gasteiger partial charge in [-0.2, -0.15) is 0 Å². The lowest BCUT2D eigenvalue weighted by Crippen LogP contribution is -2.52. The van der Waals surface area contributed by atoms with E-state index in [0.29, 0.717) is 6.04 Å². The van der Waals surface area contributed by atoms with E-state index >= 15 is 0 Å². The minimum absolute atomic E-state index is 0.229. The lowest BCUT2D eigenvalue weighted by atomic mass is 9.63. The first kappa shape index (κ1) is 13.7. The van der Waals surface area contributed by atoms with Gasteiger partial charge in [-0.15, -0.1) is 0 Å². The Morgan fingerprint density at radius 2 is 1.60 bits per heavy atom. The standard InChI is InChI=1S/C18H25NO/c20-17(19-16-11-6-1-2-7-12-16)18(13-8-14-18)15-9-4-3-5-10-15/h3-5,9-10,16H,1-2,6-8,11-14H2,(H,19,20). The summed E-state index contributed by atoms with van der Waals surface area (Å²) in [5.74, 6) is 0.279. The summed E-state index contributed by atoms with van der Waals surface area (Å²) in [6.45, 7) is 0. The fraction of sp³-hybridized carbons (Fsp3) is 0.611. The molecule has 0 heterocycles. The van der Waals surface area contributed by atoms with E-state index in [1.165, 1.54) is 37.7 Å². The van der Waals surface area contributed by atoms with E-state index in [2.05, 4.69) is 17.4 Å². The number of hydrogen-bond acceptors (Lipinski definition) is 1. The van der Waals surface area contributed by atoms with Crippen LogP contribution in [-0.4, -0.2) is 11.9 Å². The van der Waals surface area contributed by atoms with Crippen molar-refractivity contribution >= 4 is 5.91 Å². The normalized spacial score (nSPS) is 22.6. The molecule has 0 atom stereocenters. The van der Waals surface area contributed by atoms with Crippen molar-refractivity contribution < 1.29 is 4.79 Å². The van der Waals surface area contributed by atoms with Gasteiger partial charge in [-0.05, 0) is 31.2 Å². The second-order valence-electron chi connectivity index (χ2n) is 6.46. The Morgan fingerprint density at radius 3 is 2.15 bits per heavy atom. The van der Waals surface area contributed by atoms with Crippen LogP contribution in [0.4, 0.5) is 0 Å². The third-order valence-corrected chi connectivity index (χ3v) is 5.16. The summed E-state index contributed by atoms with van der Waals surface area (Å²) in [5, 5.41) is 3.36. The van der Waals surface area contributed by atoms with Gasteiger partial charge in [0, 0.05) is 6.04 Å². The van der Waals surface area contributed by atoms with Crippen LogP contribution in [0.15, 0.2) is 30.3 Å². The van der Waals surface area contributed by atoms with Crippen LogP contribution >= 0.6 is 0 Å². The number of nitrogens with one attached hydrogen (secondary N) is 1. The molecular formula is C18H25NO. The van der Waals surface area contributed by atoms with Crippen LogP contribution < -0.4 is 5.32 Å². The van der Waals surface area contributed by atoms with Crippen molar-refractivity contribution in [2.24, 2.45) is 0 Å². The van der Waals surface area contributed by atoms with Gasteiger partial charge in [0.2, 0.25) is 5.91 Å². The average molecular weight is 271 g/mol. The molecular weight excluding hydrogens is 246 g/mol. The van der Waals surface area contributed by atoms with Crippen LogP contribution in [0.25, 0.3) is 0 Å². The highest BCUT2D eigenvalue weighted by Gasteiger charge is 2.45. The molecule has 20 heavy (non-hydrogen) atoms. The van der Waals surface area contributed by atoms with E-state index in [1.807, 2.05) is 18.2 Å². The van der Waals surface area contributed by atoms with Crippen molar-refractivity contribution in [3.8, 4) is 0 Å². The molecule has 0 radical (unpaired) electrons. The molecule has 3 rings (SSSR count). The molecule has 0 spiro atoms. The predicted octanol–water partition coefficient (Wildman–Crippen LogP) is 3.95. The smallest absolute Gasteiger partial charge is 0.230 e. The van der Waals surface area contributed by atoms with E-state index in [0.717, 1.165) is 25.7 Å². The molecule has 2 fully saturated rings.